The van der Waals surface area contributed by atoms with Gasteiger partial charge in [-0.05, 0) is 18.2 Å². The van der Waals surface area contributed by atoms with Crippen LogP contribution < -0.4 is 0 Å². The molecule has 0 aliphatic rings. The molecule has 0 radical (unpaired) electrons. The van der Waals surface area contributed by atoms with Crippen LogP contribution in [0.5, 0.6) is 5.88 Å². The number of rotatable bonds is 0. The summed E-state index contributed by atoms with van der Waals surface area (Å²) in [4.78, 5) is 2.70. The van der Waals surface area contributed by atoms with Gasteiger partial charge in [-0.2, -0.15) is 0 Å². The van der Waals surface area contributed by atoms with Crippen molar-refractivity contribution in [3.05, 3.63) is 29.4 Å². The zero-order valence-electron chi connectivity index (χ0n) is 5.63. The summed E-state index contributed by atoms with van der Waals surface area (Å²) in [7, 11) is 0. The lowest BCUT2D eigenvalue weighted by atomic mass is 10.2. The Labute approximate surface area is 68.4 Å². The van der Waals surface area contributed by atoms with Gasteiger partial charge in [0.15, 0.2) is 5.88 Å². The van der Waals surface area contributed by atoms with Crippen molar-refractivity contribution < 1.29 is 5.11 Å². The Morgan fingerprint density at radius 3 is 3.00 bits per heavy atom. The number of hydrogen-bond acceptors (Lipinski definition) is 1. The summed E-state index contributed by atoms with van der Waals surface area (Å²) in [5, 5.41) is 11.6. The van der Waals surface area contributed by atoms with E-state index >= 15 is 0 Å². The number of H-pyrrole nitrogens is 1. The highest BCUT2D eigenvalue weighted by molar-refractivity contribution is 6.31. The van der Waals surface area contributed by atoms with Crippen LogP contribution in [0.25, 0.3) is 10.8 Å². The van der Waals surface area contributed by atoms with Gasteiger partial charge in [-0.25, -0.2) is 0 Å². The van der Waals surface area contributed by atoms with Gasteiger partial charge in [-0.3, -0.25) is 0 Å². The quantitative estimate of drug-likeness (QED) is 0.622. The van der Waals surface area contributed by atoms with Crippen molar-refractivity contribution in [1.82, 2.24) is 4.98 Å². The molecule has 2 nitrogen and oxygen atoms in total. The second kappa shape index (κ2) is 2.17. The van der Waals surface area contributed by atoms with Gasteiger partial charge in [0, 0.05) is 22.0 Å². The molecule has 1 aromatic heterocycles. The zero-order valence-corrected chi connectivity index (χ0v) is 6.39. The molecule has 1 aromatic carbocycles. The van der Waals surface area contributed by atoms with Gasteiger partial charge >= 0.3 is 0 Å². The van der Waals surface area contributed by atoms with Crippen molar-refractivity contribution in [2.75, 3.05) is 0 Å². The number of benzene rings is 1. The van der Waals surface area contributed by atoms with Gasteiger partial charge < -0.3 is 10.1 Å². The van der Waals surface area contributed by atoms with Gasteiger partial charge in [-0.1, -0.05) is 11.6 Å². The molecule has 0 amide bonds. The molecule has 0 atom stereocenters. The van der Waals surface area contributed by atoms with E-state index in [-0.39, 0.29) is 5.88 Å². The predicted molar refractivity (Wildman–Crippen MR) is 45.0 cm³/mol. The van der Waals surface area contributed by atoms with Crippen molar-refractivity contribution in [3.63, 3.8) is 0 Å². The second-order valence-corrected chi connectivity index (χ2v) is 2.81. The molecule has 11 heavy (non-hydrogen) atoms. The molecule has 0 aliphatic carbocycles. The zero-order chi connectivity index (χ0) is 7.84. The Bertz CT molecular complexity index is 394. The smallest absolute Gasteiger partial charge is 0.196 e. The Hall–Kier alpha value is -1.15. The van der Waals surface area contributed by atoms with E-state index in [0.717, 1.165) is 10.8 Å². The van der Waals surface area contributed by atoms with E-state index in [4.69, 9.17) is 11.6 Å². The Balaban J connectivity index is 2.86. The maximum atomic E-state index is 9.20. The molecule has 0 bridgehead atoms. The SMILES string of the molecule is Oc1[nH]cc2cc(Cl)ccc12. The van der Waals surface area contributed by atoms with Crippen LogP contribution in [-0.2, 0) is 0 Å². The molecule has 2 rings (SSSR count). The summed E-state index contributed by atoms with van der Waals surface area (Å²) in [6, 6.07) is 5.33. The van der Waals surface area contributed by atoms with Gasteiger partial charge in [0.1, 0.15) is 0 Å². The average Bonchev–Trinajstić information content (AvgIpc) is 2.32. The first-order chi connectivity index (χ1) is 5.27. The van der Waals surface area contributed by atoms with Crippen molar-refractivity contribution in [2.45, 2.75) is 0 Å². The van der Waals surface area contributed by atoms with Gasteiger partial charge in [-0.15, -0.1) is 0 Å². The lowest BCUT2D eigenvalue weighted by molar-refractivity contribution is 0.462. The van der Waals surface area contributed by atoms with E-state index in [1.165, 1.54) is 0 Å². The fourth-order valence-electron chi connectivity index (χ4n) is 1.09. The number of nitrogens with one attached hydrogen (secondary N) is 1. The second-order valence-electron chi connectivity index (χ2n) is 2.37. The molecule has 56 valence electrons. The number of halogens is 1. The highest BCUT2D eigenvalue weighted by Gasteiger charge is 2.00. The first-order valence-electron chi connectivity index (χ1n) is 3.23. The van der Waals surface area contributed by atoms with Crippen LogP contribution in [-0.4, -0.2) is 10.1 Å². The van der Waals surface area contributed by atoms with Crippen molar-refractivity contribution in [1.29, 1.82) is 0 Å². The standard InChI is InChI=1S/C8H6ClNO/c9-6-1-2-7-5(3-6)4-10-8(7)11/h1-4,10-11H. The van der Waals surface area contributed by atoms with E-state index < -0.39 is 0 Å². The van der Waals surface area contributed by atoms with Gasteiger partial charge in [0.25, 0.3) is 0 Å². The largest absolute Gasteiger partial charge is 0.494 e. The molecule has 1 heterocycles. The third-order valence-corrected chi connectivity index (χ3v) is 1.87. The summed E-state index contributed by atoms with van der Waals surface area (Å²) in [6.07, 6.45) is 1.72. The van der Waals surface area contributed by atoms with Crippen LogP contribution in [0.4, 0.5) is 0 Å². The molecule has 2 aromatic rings. The molecule has 0 spiro atoms. The van der Waals surface area contributed by atoms with Gasteiger partial charge in [0.05, 0.1) is 0 Å². The molecule has 0 fully saturated rings. The van der Waals surface area contributed by atoms with Crippen LogP contribution in [0.1, 0.15) is 0 Å². The Morgan fingerprint density at radius 1 is 1.36 bits per heavy atom. The minimum atomic E-state index is 0.191. The molecular weight excluding hydrogens is 162 g/mol. The average molecular weight is 168 g/mol. The number of hydrogen-bond donors (Lipinski definition) is 2. The highest BCUT2D eigenvalue weighted by Crippen LogP contribution is 2.25. The summed E-state index contributed by atoms with van der Waals surface area (Å²) < 4.78 is 0. The summed E-state index contributed by atoms with van der Waals surface area (Å²) in [5.74, 6) is 0.191. The third kappa shape index (κ3) is 0.955. The van der Waals surface area contributed by atoms with Crippen LogP contribution >= 0.6 is 11.6 Å². The molecule has 0 aliphatic heterocycles. The topological polar surface area (TPSA) is 36.0 Å². The Kier molecular flexibility index (Phi) is 1.29. The van der Waals surface area contributed by atoms with E-state index in [2.05, 4.69) is 4.98 Å². The fourth-order valence-corrected chi connectivity index (χ4v) is 1.27. The Morgan fingerprint density at radius 2 is 2.18 bits per heavy atom. The van der Waals surface area contributed by atoms with E-state index in [0.29, 0.717) is 5.02 Å². The predicted octanol–water partition coefficient (Wildman–Crippen LogP) is 2.53. The highest BCUT2D eigenvalue weighted by atomic mass is 35.5. The first-order valence-corrected chi connectivity index (χ1v) is 3.61. The van der Waals surface area contributed by atoms with Crippen molar-refractivity contribution in [2.24, 2.45) is 0 Å². The number of aromatic hydroxyl groups is 1. The minimum Gasteiger partial charge on any atom is -0.494 e. The lowest BCUT2D eigenvalue weighted by Gasteiger charge is -1.89. The molecular formula is C8H6ClNO. The monoisotopic (exact) mass is 167 g/mol. The lowest BCUT2D eigenvalue weighted by Crippen LogP contribution is -1.64. The number of aromatic amines is 1. The fraction of sp³-hybridized carbons (Fsp3) is 0. The number of fused-ring (bicyclic) bond motifs is 1. The van der Waals surface area contributed by atoms with Crippen molar-refractivity contribution in [3.8, 4) is 5.88 Å². The molecule has 3 heteroatoms. The molecule has 0 unspecified atom stereocenters. The summed E-state index contributed by atoms with van der Waals surface area (Å²) in [6.45, 7) is 0. The summed E-state index contributed by atoms with van der Waals surface area (Å²) in [5.41, 5.74) is 0. The van der Waals surface area contributed by atoms with Crippen LogP contribution in [0.15, 0.2) is 24.4 Å². The number of aromatic nitrogens is 1. The minimum absolute atomic E-state index is 0.191. The van der Waals surface area contributed by atoms with Crippen LogP contribution in [0.2, 0.25) is 5.02 Å². The van der Waals surface area contributed by atoms with Gasteiger partial charge in [0.2, 0.25) is 0 Å². The maximum absolute atomic E-state index is 9.20. The van der Waals surface area contributed by atoms with E-state index in [9.17, 15) is 5.11 Å². The first kappa shape index (κ1) is 6.55. The van der Waals surface area contributed by atoms with E-state index in [1.54, 1.807) is 24.4 Å². The van der Waals surface area contributed by atoms with E-state index in [1.807, 2.05) is 0 Å². The third-order valence-electron chi connectivity index (χ3n) is 1.63. The van der Waals surface area contributed by atoms with Crippen molar-refractivity contribution >= 4 is 22.4 Å². The van der Waals surface area contributed by atoms with Crippen LogP contribution in [0.3, 0.4) is 0 Å². The van der Waals surface area contributed by atoms with Crippen LogP contribution in [0, 0.1) is 0 Å². The molecule has 0 saturated carbocycles. The molecule has 0 saturated heterocycles. The normalized spacial score (nSPS) is 10.6. The summed E-state index contributed by atoms with van der Waals surface area (Å²) >= 11 is 5.73. The molecule has 2 N–H and O–H groups in total. The maximum Gasteiger partial charge on any atom is 0.196 e.